The minimum atomic E-state index is 0.458. The molecular formula is C14H20N4. The van der Waals surface area contributed by atoms with Crippen LogP contribution in [-0.2, 0) is 19.9 Å². The number of pyridine rings is 1. The van der Waals surface area contributed by atoms with Crippen molar-refractivity contribution in [2.24, 2.45) is 7.05 Å². The molecule has 2 aromatic rings. The average molecular weight is 244 g/mol. The first kappa shape index (κ1) is 12.8. The molecule has 2 aromatic heterocycles. The summed E-state index contributed by atoms with van der Waals surface area (Å²) in [6.07, 6.45) is 8.98. The number of aryl methyl sites for hydroxylation is 2. The third-order valence-electron chi connectivity index (χ3n) is 3.13. The highest BCUT2D eigenvalue weighted by Gasteiger charge is 2.08. The zero-order valence-electron chi connectivity index (χ0n) is 11.0. The van der Waals surface area contributed by atoms with Crippen LogP contribution in [0.4, 0.5) is 0 Å². The van der Waals surface area contributed by atoms with E-state index in [1.807, 2.05) is 43.3 Å². The second-order valence-electron chi connectivity index (χ2n) is 4.57. The van der Waals surface area contributed by atoms with Gasteiger partial charge in [-0.15, -0.1) is 0 Å². The largest absolute Gasteiger partial charge is 0.317 e. The lowest BCUT2D eigenvalue weighted by Gasteiger charge is -2.15. The summed E-state index contributed by atoms with van der Waals surface area (Å²) in [5.41, 5.74) is 2.43. The first-order valence-corrected chi connectivity index (χ1v) is 6.32. The highest BCUT2D eigenvalue weighted by Crippen LogP contribution is 2.07. The van der Waals surface area contributed by atoms with Crippen LogP contribution >= 0.6 is 0 Å². The Bertz CT molecular complexity index is 464. The number of hydrogen-bond donors (Lipinski definition) is 1. The van der Waals surface area contributed by atoms with Crippen molar-refractivity contribution in [3.63, 3.8) is 0 Å². The van der Waals surface area contributed by atoms with Gasteiger partial charge >= 0.3 is 0 Å². The Morgan fingerprint density at radius 2 is 2.28 bits per heavy atom. The first-order valence-electron chi connectivity index (χ1n) is 6.32. The molecule has 0 fully saturated rings. The Morgan fingerprint density at radius 3 is 2.89 bits per heavy atom. The molecule has 4 nitrogen and oxygen atoms in total. The van der Waals surface area contributed by atoms with Crippen LogP contribution in [0.2, 0.25) is 0 Å². The van der Waals surface area contributed by atoms with Gasteiger partial charge in [0.25, 0.3) is 0 Å². The van der Waals surface area contributed by atoms with Gasteiger partial charge in [0, 0.05) is 37.6 Å². The predicted octanol–water partition coefficient (Wildman–Crippen LogP) is 1.58. The maximum atomic E-state index is 4.37. The monoisotopic (exact) mass is 244 g/mol. The van der Waals surface area contributed by atoms with Crippen LogP contribution in [0.25, 0.3) is 0 Å². The molecule has 0 aromatic carbocycles. The molecule has 1 unspecified atom stereocenters. The quantitative estimate of drug-likeness (QED) is 0.839. The summed E-state index contributed by atoms with van der Waals surface area (Å²) in [5.74, 6) is 0. The lowest BCUT2D eigenvalue weighted by molar-refractivity contribution is 0.515. The number of hydrogen-bond acceptors (Lipinski definition) is 3. The molecule has 0 saturated heterocycles. The normalized spacial score (nSPS) is 12.6. The van der Waals surface area contributed by atoms with Gasteiger partial charge < -0.3 is 5.32 Å². The van der Waals surface area contributed by atoms with Gasteiger partial charge in [0.15, 0.2) is 0 Å². The van der Waals surface area contributed by atoms with Crippen LogP contribution in [0.5, 0.6) is 0 Å². The van der Waals surface area contributed by atoms with E-state index in [4.69, 9.17) is 0 Å². The smallest absolute Gasteiger partial charge is 0.0521 e. The summed E-state index contributed by atoms with van der Waals surface area (Å²) in [4.78, 5) is 4.37. The Morgan fingerprint density at radius 1 is 1.39 bits per heavy atom. The van der Waals surface area contributed by atoms with Crippen LogP contribution in [0.3, 0.4) is 0 Å². The Hall–Kier alpha value is -1.68. The number of nitrogens with zero attached hydrogens (tertiary/aromatic N) is 3. The van der Waals surface area contributed by atoms with E-state index in [1.54, 1.807) is 0 Å². The van der Waals surface area contributed by atoms with Gasteiger partial charge in [-0.2, -0.15) is 5.10 Å². The second kappa shape index (κ2) is 6.31. The SMILES string of the molecule is CNC(CCc1cnn(C)c1)Cc1ccccn1. The Kier molecular flexibility index (Phi) is 4.47. The van der Waals surface area contributed by atoms with E-state index in [0.717, 1.165) is 25.0 Å². The van der Waals surface area contributed by atoms with Crippen molar-refractivity contribution in [1.82, 2.24) is 20.1 Å². The number of rotatable bonds is 6. The van der Waals surface area contributed by atoms with Crippen molar-refractivity contribution in [3.05, 3.63) is 48.0 Å². The fourth-order valence-electron chi connectivity index (χ4n) is 2.06. The van der Waals surface area contributed by atoms with E-state index < -0.39 is 0 Å². The predicted molar refractivity (Wildman–Crippen MR) is 72.3 cm³/mol. The first-order chi connectivity index (χ1) is 8.78. The average Bonchev–Trinajstić information content (AvgIpc) is 2.81. The summed E-state index contributed by atoms with van der Waals surface area (Å²) in [6, 6.07) is 6.53. The zero-order chi connectivity index (χ0) is 12.8. The number of aromatic nitrogens is 3. The Labute approximate surface area is 108 Å². The lowest BCUT2D eigenvalue weighted by atomic mass is 10.0. The van der Waals surface area contributed by atoms with Crippen LogP contribution < -0.4 is 5.32 Å². The van der Waals surface area contributed by atoms with Gasteiger partial charge in [0.1, 0.15) is 0 Å². The Balaban J connectivity index is 1.86. The molecule has 0 aliphatic carbocycles. The fraction of sp³-hybridized carbons (Fsp3) is 0.429. The van der Waals surface area contributed by atoms with Crippen LogP contribution in [0.1, 0.15) is 17.7 Å². The molecule has 0 bridgehead atoms. The van der Waals surface area contributed by atoms with Gasteiger partial charge in [0.2, 0.25) is 0 Å². The second-order valence-corrected chi connectivity index (χ2v) is 4.57. The maximum absolute atomic E-state index is 4.37. The zero-order valence-corrected chi connectivity index (χ0v) is 11.0. The van der Waals surface area contributed by atoms with Crippen molar-refractivity contribution in [1.29, 1.82) is 0 Å². The molecule has 2 heterocycles. The lowest BCUT2D eigenvalue weighted by Crippen LogP contribution is -2.28. The van der Waals surface area contributed by atoms with Crippen molar-refractivity contribution >= 4 is 0 Å². The van der Waals surface area contributed by atoms with E-state index in [1.165, 1.54) is 5.56 Å². The minimum Gasteiger partial charge on any atom is -0.317 e. The van der Waals surface area contributed by atoms with Gasteiger partial charge in [-0.1, -0.05) is 6.07 Å². The highest BCUT2D eigenvalue weighted by atomic mass is 15.2. The van der Waals surface area contributed by atoms with Crippen molar-refractivity contribution in [2.75, 3.05) is 7.05 Å². The molecule has 2 rings (SSSR count). The van der Waals surface area contributed by atoms with Gasteiger partial charge in [-0.05, 0) is 37.6 Å². The standard InChI is InChI=1S/C14H20N4/c1-15-13(9-14-5-3-4-8-16-14)7-6-12-10-17-18(2)11-12/h3-5,8,10-11,13,15H,6-7,9H2,1-2H3. The van der Waals surface area contributed by atoms with Crippen molar-refractivity contribution < 1.29 is 0 Å². The van der Waals surface area contributed by atoms with E-state index >= 15 is 0 Å². The molecular weight excluding hydrogens is 224 g/mol. The highest BCUT2D eigenvalue weighted by molar-refractivity contribution is 5.07. The topological polar surface area (TPSA) is 42.7 Å². The molecule has 1 N–H and O–H groups in total. The van der Waals surface area contributed by atoms with E-state index in [-0.39, 0.29) is 0 Å². The molecule has 1 atom stereocenters. The summed E-state index contributed by atoms with van der Waals surface area (Å²) in [7, 11) is 3.96. The van der Waals surface area contributed by atoms with E-state index in [9.17, 15) is 0 Å². The van der Waals surface area contributed by atoms with Gasteiger partial charge in [-0.3, -0.25) is 9.67 Å². The fourth-order valence-corrected chi connectivity index (χ4v) is 2.06. The molecule has 18 heavy (non-hydrogen) atoms. The molecule has 4 heteroatoms. The van der Waals surface area contributed by atoms with E-state index in [2.05, 4.69) is 27.7 Å². The molecule has 0 spiro atoms. The molecule has 0 saturated carbocycles. The van der Waals surface area contributed by atoms with Crippen molar-refractivity contribution in [2.45, 2.75) is 25.3 Å². The minimum absolute atomic E-state index is 0.458. The van der Waals surface area contributed by atoms with Crippen LogP contribution in [0.15, 0.2) is 36.8 Å². The number of likely N-dealkylation sites (N-methyl/N-ethyl adjacent to an activating group) is 1. The summed E-state index contributed by atoms with van der Waals surface area (Å²) >= 11 is 0. The third-order valence-corrected chi connectivity index (χ3v) is 3.13. The molecule has 0 amide bonds. The summed E-state index contributed by atoms with van der Waals surface area (Å²) < 4.78 is 1.85. The van der Waals surface area contributed by atoms with Crippen LogP contribution in [-0.4, -0.2) is 27.9 Å². The molecule has 96 valence electrons. The van der Waals surface area contributed by atoms with Gasteiger partial charge in [0.05, 0.1) is 6.20 Å². The number of nitrogens with one attached hydrogen (secondary N) is 1. The summed E-state index contributed by atoms with van der Waals surface area (Å²) in [5, 5.41) is 7.55. The van der Waals surface area contributed by atoms with Crippen molar-refractivity contribution in [3.8, 4) is 0 Å². The van der Waals surface area contributed by atoms with Crippen LogP contribution in [0, 0.1) is 0 Å². The third kappa shape index (κ3) is 3.67. The maximum Gasteiger partial charge on any atom is 0.0521 e. The molecule has 0 radical (unpaired) electrons. The summed E-state index contributed by atoms with van der Waals surface area (Å²) in [6.45, 7) is 0. The van der Waals surface area contributed by atoms with E-state index in [0.29, 0.717) is 6.04 Å². The van der Waals surface area contributed by atoms with Gasteiger partial charge in [-0.25, -0.2) is 0 Å². The molecule has 0 aliphatic rings. The molecule has 0 aliphatic heterocycles.